The first kappa shape index (κ1) is 14.3. The van der Waals surface area contributed by atoms with Crippen molar-refractivity contribution >= 4 is 37.4 Å². The van der Waals surface area contributed by atoms with Crippen molar-refractivity contribution in [3.8, 4) is 0 Å². The van der Waals surface area contributed by atoms with E-state index in [1.807, 2.05) is 18.2 Å². The first-order valence-electron chi connectivity index (χ1n) is 5.70. The summed E-state index contributed by atoms with van der Waals surface area (Å²) in [4.78, 5) is 0. The van der Waals surface area contributed by atoms with Gasteiger partial charge in [-0.25, -0.2) is 8.42 Å². The van der Waals surface area contributed by atoms with Crippen LogP contribution in [0.3, 0.4) is 0 Å². The van der Waals surface area contributed by atoms with Crippen molar-refractivity contribution in [1.82, 2.24) is 0 Å². The lowest BCUT2D eigenvalue weighted by atomic mass is 9.81. The van der Waals surface area contributed by atoms with E-state index in [0.29, 0.717) is 24.4 Å². The van der Waals surface area contributed by atoms with Crippen molar-refractivity contribution in [1.29, 1.82) is 0 Å². The van der Waals surface area contributed by atoms with Gasteiger partial charge in [0.15, 0.2) is 9.84 Å². The van der Waals surface area contributed by atoms with E-state index in [0.717, 1.165) is 10.0 Å². The zero-order valence-corrected chi connectivity index (χ0v) is 13.0. The SMILES string of the molecule is NCC1(Cc2ccc(Br)cc2Cl)CCS(=O)(=O)C1. The molecule has 0 amide bonds. The van der Waals surface area contributed by atoms with Crippen LogP contribution in [0.4, 0.5) is 0 Å². The fraction of sp³-hybridized carbons (Fsp3) is 0.500. The van der Waals surface area contributed by atoms with Gasteiger partial charge in [0.1, 0.15) is 0 Å². The van der Waals surface area contributed by atoms with Crippen molar-refractivity contribution in [2.75, 3.05) is 18.1 Å². The fourth-order valence-corrected chi connectivity index (χ4v) is 5.35. The number of rotatable bonds is 3. The Kier molecular flexibility index (Phi) is 4.07. The van der Waals surface area contributed by atoms with Crippen LogP contribution in [0.2, 0.25) is 5.02 Å². The normalized spacial score (nSPS) is 26.4. The molecule has 18 heavy (non-hydrogen) atoms. The zero-order chi connectivity index (χ0) is 13.4. The number of benzene rings is 1. The zero-order valence-electron chi connectivity index (χ0n) is 9.83. The van der Waals surface area contributed by atoms with Gasteiger partial charge in [-0.05, 0) is 37.1 Å². The summed E-state index contributed by atoms with van der Waals surface area (Å²) in [6.07, 6.45) is 1.24. The Balaban J connectivity index is 2.26. The van der Waals surface area contributed by atoms with Gasteiger partial charge >= 0.3 is 0 Å². The maximum atomic E-state index is 11.6. The third-order valence-electron chi connectivity index (χ3n) is 3.48. The highest BCUT2D eigenvalue weighted by Crippen LogP contribution is 2.37. The quantitative estimate of drug-likeness (QED) is 0.909. The molecule has 1 unspecified atom stereocenters. The maximum absolute atomic E-state index is 11.6. The van der Waals surface area contributed by atoms with Crippen LogP contribution in [0.25, 0.3) is 0 Å². The van der Waals surface area contributed by atoms with Crippen LogP contribution < -0.4 is 5.73 Å². The summed E-state index contributed by atoms with van der Waals surface area (Å²) in [7, 11) is -2.94. The van der Waals surface area contributed by atoms with Crippen LogP contribution in [0.15, 0.2) is 22.7 Å². The van der Waals surface area contributed by atoms with Crippen molar-refractivity contribution < 1.29 is 8.42 Å². The first-order chi connectivity index (χ1) is 8.36. The Morgan fingerprint density at radius 1 is 1.44 bits per heavy atom. The van der Waals surface area contributed by atoms with Crippen molar-refractivity contribution in [2.45, 2.75) is 12.8 Å². The van der Waals surface area contributed by atoms with Crippen LogP contribution in [-0.4, -0.2) is 26.5 Å². The van der Waals surface area contributed by atoms with Crippen LogP contribution in [0.1, 0.15) is 12.0 Å². The second-order valence-electron chi connectivity index (χ2n) is 4.96. The van der Waals surface area contributed by atoms with Gasteiger partial charge in [-0.1, -0.05) is 33.6 Å². The Bertz CT molecular complexity index is 561. The summed E-state index contributed by atoms with van der Waals surface area (Å²) in [6.45, 7) is 0.374. The maximum Gasteiger partial charge on any atom is 0.150 e. The molecule has 1 aromatic carbocycles. The molecule has 6 heteroatoms. The Morgan fingerprint density at radius 3 is 2.67 bits per heavy atom. The van der Waals surface area contributed by atoms with Crippen molar-refractivity contribution in [3.05, 3.63) is 33.3 Å². The van der Waals surface area contributed by atoms with Gasteiger partial charge < -0.3 is 5.73 Å². The molecule has 1 aliphatic heterocycles. The second-order valence-corrected chi connectivity index (χ2v) is 8.47. The number of halogens is 2. The molecule has 0 spiro atoms. The Labute approximate surface area is 121 Å². The van der Waals surface area contributed by atoms with E-state index in [1.54, 1.807) is 0 Å². The highest BCUT2D eigenvalue weighted by molar-refractivity contribution is 9.10. The lowest BCUT2D eigenvalue weighted by Crippen LogP contribution is -2.34. The second kappa shape index (κ2) is 5.12. The molecule has 0 aromatic heterocycles. The topological polar surface area (TPSA) is 60.2 Å². The van der Waals surface area contributed by atoms with Gasteiger partial charge in [0.25, 0.3) is 0 Å². The molecule has 1 heterocycles. The Morgan fingerprint density at radius 2 is 2.17 bits per heavy atom. The summed E-state index contributed by atoms with van der Waals surface area (Å²) in [5, 5.41) is 0.654. The fourth-order valence-electron chi connectivity index (χ4n) is 2.42. The average Bonchev–Trinajstić information content (AvgIpc) is 2.59. The molecular weight excluding hydrogens is 338 g/mol. The first-order valence-corrected chi connectivity index (χ1v) is 8.70. The summed E-state index contributed by atoms with van der Waals surface area (Å²) in [5.41, 5.74) is 6.41. The van der Waals surface area contributed by atoms with E-state index < -0.39 is 9.84 Å². The third-order valence-corrected chi connectivity index (χ3v) is 6.21. The minimum absolute atomic E-state index is 0.170. The van der Waals surface area contributed by atoms with E-state index in [4.69, 9.17) is 17.3 Å². The van der Waals surface area contributed by atoms with Crippen molar-refractivity contribution in [3.63, 3.8) is 0 Å². The van der Waals surface area contributed by atoms with E-state index in [2.05, 4.69) is 15.9 Å². The molecular formula is C12H15BrClNO2S. The van der Waals surface area contributed by atoms with Crippen LogP contribution in [-0.2, 0) is 16.3 Å². The molecule has 1 fully saturated rings. The lowest BCUT2D eigenvalue weighted by Gasteiger charge is -2.26. The molecule has 1 saturated heterocycles. The third kappa shape index (κ3) is 3.07. The predicted molar refractivity (Wildman–Crippen MR) is 77.6 cm³/mol. The van der Waals surface area contributed by atoms with Crippen LogP contribution >= 0.6 is 27.5 Å². The van der Waals surface area contributed by atoms with Gasteiger partial charge in [-0.2, -0.15) is 0 Å². The molecule has 2 N–H and O–H groups in total. The van der Waals surface area contributed by atoms with E-state index in [-0.39, 0.29) is 16.9 Å². The summed E-state index contributed by atoms with van der Waals surface area (Å²) >= 11 is 9.53. The van der Waals surface area contributed by atoms with Crippen LogP contribution in [0, 0.1) is 5.41 Å². The molecule has 2 rings (SSSR count). The summed E-state index contributed by atoms with van der Waals surface area (Å²) in [6, 6.07) is 5.66. The minimum Gasteiger partial charge on any atom is -0.330 e. The number of nitrogens with two attached hydrogens (primary N) is 1. The lowest BCUT2D eigenvalue weighted by molar-refractivity contribution is 0.344. The van der Waals surface area contributed by atoms with E-state index >= 15 is 0 Å². The number of sulfone groups is 1. The number of hydrogen-bond acceptors (Lipinski definition) is 3. The summed E-state index contributed by atoms with van der Waals surface area (Å²) < 4.78 is 24.2. The molecule has 0 bridgehead atoms. The van der Waals surface area contributed by atoms with Gasteiger partial charge in [0.2, 0.25) is 0 Å². The van der Waals surface area contributed by atoms with Gasteiger partial charge in [-0.15, -0.1) is 0 Å². The molecule has 0 aliphatic carbocycles. The van der Waals surface area contributed by atoms with Gasteiger partial charge in [-0.3, -0.25) is 0 Å². The highest BCUT2D eigenvalue weighted by atomic mass is 79.9. The smallest absolute Gasteiger partial charge is 0.150 e. The van der Waals surface area contributed by atoms with Crippen LogP contribution in [0.5, 0.6) is 0 Å². The van der Waals surface area contributed by atoms with Gasteiger partial charge in [0, 0.05) is 14.9 Å². The van der Waals surface area contributed by atoms with Crippen molar-refractivity contribution in [2.24, 2.45) is 11.1 Å². The monoisotopic (exact) mass is 351 g/mol. The molecule has 1 aliphatic rings. The Hall–Kier alpha value is -0.100. The largest absolute Gasteiger partial charge is 0.330 e. The minimum atomic E-state index is -2.94. The van der Waals surface area contributed by atoms with E-state index in [1.165, 1.54) is 0 Å². The molecule has 0 radical (unpaired) electrons. The molecule has 1 atom stereocenters. The average molecular weight is 353 g/mol. The number of hydrogen-bond donors (Lipinski definition) is 1. The summed E-state index contributed by atoms with van der Waals surface area (Å²) in [5.74, 6) is 0.404. The molecule has 1 aromatic rings. The van der Waals surface area contributed by atoms with E-state index in [9.17, 15) is 8.42 Å². The van der Waals surface area contributed by atoms with Gasteiger partial charge in [0.05, 0.1) is 11.5 Å². The highest BCUT2D eigenvalue weighted by Gasteiger charge is 2.41. The molecule has 100 valence electrons. The molecule has 3 nitrogen and oxygen atoms in total. The standard InChI is InChI=1S/C12H15BrClNO2S/c13-10-2-1-9(11(14)5-10)6-12(7-15)3-4-18(16,17)8-12/h1-2,5H,3-4,6-8,15H2. The molecule has 0 saturated carbocycles. The predicted octanol–water partition coefficient (Wildman–Crippen LogP) is 2.41.